The first-order valence-electron chi connectivity index (χ1n) is 9.89. The van der Waals surface area contributed by atoms with Crippen LogP contribution in [0.15, 0.2) is 35.1 Å². The lowest BCUT2D eigenvalue weighted by Crippen LogP contribution is -2.63. The summed E-state index contributed by atoms with van der Waals surface area (Å²) < 4.78 is 0. The Hall–Kier alpha value is -2.43. The van der Waals surface area contributed by atoms with Crippen molar-refractivity contribution in [2.75, 3.05) is 6.54 Å². The molecule has 9 nitrogen and oxygen atoms in total. The average Bonchev–Trinajstić information content (AvgIpc) is 3.23. The van der Waals surface area contributed by atoms with Crippen molar-refractivity contribution in [3.8, 4) is 0 Å². The number of aliphatic hydroxyl groups is 1. The Morgan fingerprint density at radius 3 is 2.70 bits per heavy atom. The standard InChI is InChI=1S/C20H24N4O5S/c1-9-15-14(10(2)25)19(27)24(15)16(20(28)29)17(9)30-12-7-13(22-8-12)23-18(26)11-3-5-21-6-4-11/h3-6,9-10,12-15,22,25H,7-8H2,1-2H3,(H,23,26)(H,28,29)/t9-,10-,12+,13-,14-,15-/m1/s1. The number of carboxylic acid groups (broad SMARTS) is 1. The highest BCUT2D eigenvalue weighted by atomic mass is 32.2. The summed E-state index contributed by atoms with van der Waals surface area (Å²) in [7, 11) is 0. The first-order valence-corrected chi connectivity index (χ1v) is 10.8. The van der Waals surface area contributed by atoms with Crippen molar-refractivity contribution in [1.82, 2.24) is 20.5 Å². The number of rotatable bonds is 6. The molecule has 0 spiro atoms. The second-order valence-corrected chi connectivity index (χ2v) is 9.26. The highest BCUT2D eigenvalue weighted by molar-refractivity contribution is 8.03. The lowest BCUT2D eigenvalue weighted by atomic mass is 9.79. The van der Waals surface area contributed by atoms with Gasteiger partial charge in [0.05, 0.1) is 24.2 Å². The number of aliphatic hydroxyl groups excluding tert-OH is 1. The van der Waals surface area contributed by atoms with Gasteiger partial charge in [-0.15, -0.1) is 11.8 Å². The molecular weight excluding hydrogens is 408 g/mol. The van der Waals surface area contributed by atoms with Gasteiger partial charge in [-0.3, -0.25) is 19.9 Å². The summed E-state index contributed by atoms with van der Waals surface area (Å²) in [6.45, 7) is 4.07. The van der Waals surface area contributed by atoms with E-state index in [0.29, 0.717) is 23.4 Å². The van der Waals surface area contributed by atoms with Crippen LogP contribution in [0, 0.1) is 11.8 Å². The van der Waals surface area contributed by atoms with E-state index in [1.54, 1.807) is 31.5 Å². The lowest BCUT2D eigenvalue weighted by Gasteiger charge is -2.46. The Labute approximate surface area is 177 Å². The van der Waals surface area contributed by atoms with Gasteiger partial charge in [0.15, 0.2) is 0 Å². The summed E-state index contributed by atoms with van der Waals surface area (Å²) >= 11 is 1.45. The van der Waals surface area contributed by atoms with Crippen molar-refractivity contribution >= 4 is 29.5 Å². The molecule has 4 heterocycles. The number of nitrogens with one attached hydrogen (secondary N) is 2. The number of aliphatic carboxylic acids is 1. The molecule has 0 aromatic carbocycles. The average molecular weight is 433 g/mol. The first kappa shape index (κ1) is 20.8. The number of aromatic nitrogens is 1. The molecule has 0 aliphatic carbocycles. The molecule has 160 valence electrons. The van der Waals surface area contributed by atoms with E-state index in [-0.39, 0.29) is 40.9 Å². The highest BCUT2D eigenvalue weighted by Crippen LogP contribution is 2.51. The number of hydrogen-bond acceptors (Lipinski definition) is 7. The monoisotopic (exact) mass is 432 g/mol. The summed E-state index contributed by atoms with van der Waals surface area (Å²) in [4.78, 5) is 42.6. The van der Waals surface area contributed by atoms with Gasteiger partial charge in [0.2, 0.25) is 5.91 Å². The van der Waals surface area contributed by atoms with Crippen molar-refractivity contribution in [3.05, 3.63) is 40.7 Å². The van der Waals surface area contributed by atoms with E-state index >= 15 is 0 Å². The zero-order chi connectivity index (χ0) is 21.6. The topological polar surface area (TPSA) is 132 Å². The van der Waals surface area contributed by atoms with Gasteiger partial charge in [-0.1, -0.05) is 6.92 Å². The fourth-order valence-corrected chi connectivity index (χ4v) is 5.98. The third-order valence-electron chi connectivity index (χ3n) is 5.94. The predicted molar refractivity (Wildman–Crippen MR) is 109 cm³/mol. The van der Waals surface area contributed by atoms with Gasteiger partial charge in [0, 0.05) is 40.6 Å². The van der Waals surface area contributed by atoms with Crippen LogP contribution in [0.25, 0.3) is 0 Å². The molecule has 4 rings (SSSR count). The number of β-lactam (4-membered cyclic amide) rings is 1. The number of carbonyl (C=O) groups is 3. The fraction of sp³-hybridized carbons (Fsp3) is 0.500. The normalized spacial score (nSPS) is 31.4. The Morgan fingerprint density at radius 2 is 2.07 bits per heavy atom. The number of nitrogens with zero attached hydrogens (tertiary/aromatic N) is 2. The molecule has 10 heteroatoms. The number of fused-ring (bicyclic) bond motifs is 1. The zero-order valence-corrected chi connectivity index (χ0v) is 17.4. The fourth-order valence-electron chi connectivity index (χ4n) is 4.51. The molecule has 1 aromatic rings. The van der Waals surface area contributed by atoms with Crippen LogP contribution in [0.3, 0.4) is 0 Å². The van der Waals surface area contributed by atoms with Gasteiger partial charge in [-0.25, -0.2) is 4.79 Å². The van der Waals surface area contributed by atoms with E-state index in [9.17, 15) is 24.6 Å². The molecule has 0 unspecified atom stereocenters. The van der Waals surface area contributed by atoms with Gasteiger partial charge in [-0.2, -0.15) is 0 Å². The van der Waals surface area contributed by atoms with Crippen LogP contribution in [-0.2, 0) is 9.59 Å². The number of thioether (sulfide) groups is 1. The van der Waals surface area contributed by atoms with Crippen molar-refractivity contribution in [3.63, 3.8) is 0 Å². The summed E-state index contributed by atoms with van der Waals surface area (Å²) in [5.41, 5.74) is 0.555. The smallest absolute Gasteiger partial charge is 0.353 e. The maximum Gasteiger partial charge on any atom is 0.353 e. The minimum absolute atomic E-state index is 0.0312. The molecule has 3 aliphatic heterocycles. The van der Waals surface area contributed by atoms with Gasteiger partial charge < -0.3 is 20.4 Å². The van der Waals surface area contributed by atoms with Gasteiger partial charge in [0.25, 0.3) is 5.91 Å². The Kier molecular flexibility index (Phi) is 5.56. The van der Waals surface area contributed by atoms with Crippen LogP contribution >= 0.6 is 11.8 Å². The van der Waals surface area contributed by atoms with Crippen molar-refractivity contribution in [1.29, 1.82) is 0 Å². The SMILES string of the molecule is C[C@@H](O)[C@H]1C(=O)N2C(C(=O)O)=C(S[C@@H]3CN[C@H](NC(=O)c4ccncc4)C3)[C@H](C)[C@H]12. The minimum Gasteiger partial charge on any atom is -0.477 e. The largest absolute Gasteiger partial charge is 0.477 e. The highest BCUT2D eigenvalue weighted by Gasteiger charge is 2.60. The molecular formula is C20H24N4O5S. The second kappa shape index (κ2) is 8.01. The maximum atomic E-state index is 12.4. The molecule has 0 radical (unpaired) electrons. The summed E-state index contributed by atoms with van der Waals surface area (Å²) in [5, 5.41) is 25.9. The van der Waals surface area contributed by atoms with Crippen LogP contribution in [0.1, 0.15) is 30.6 Å². The Morgan fingerprint density at radius 1 is 1.37 bits per heavy atom. The van der Waals surface area contributed by atoms with E-state index < -0.39 is 18.0 Å². The minimum atomic E-state index is -1.13. The number of amides is 2. The quantitative estimate of drug-likeness (QED) is 0.475. The molecule has 0 bridgehead atoms. The summed E-state index contributed by atoms with van der Waals surface area (Å²) in [6.07, 6.45) is 2.70. The van der Waals surface area contributed by atoms with Crippen molar-refractivity contribution in [2.45, 2.75) is 43.8 Å². The maximum absolute atomic E-state index is 12.4. The predicted octanol–water partition coefficient (Wildman–Crippen LogP) is 0.386. The van der Waals surface area contributed by atoms with E-state index in [1.807, 2.05) is 6.92 Å². The first-order chi connectivity index (χ1) is 14.3. The molecule has 3 aliphatic rings. The van der Waals surface area contributed by atoms with Gasteiger partial charge in [-0.05, 0) is 25.5 Å². The molecule has 6 atom stereocenters. The molecule has 0 saturated carbocycles. The van der Waals surface area contributed by atoms with E-state index in [1.165, 1.54) is 16.7 Å². The van der Waals surface area contributed by atoms with E-state index in [2.05, 4.69) is 15.6 Å². The Balaban J connectivity index is 1.43. The van der Waals surface area contributed by atoms with Crippen LogP contribution < -0.4 is 10.6 Å². The summed E-state index contributed by atoms with van der Waals surface area (Å²) in [6, 6.07) is 2.96. The van der Waals surface area contributed by atoms with Crippen LogP contribution in [0.4, 0.5) is 0 Å². The van der Waals surface area contributed by atoms with Crippen LogP contribution in [0.5, 0.6) is 0 Å². The molecule has 1 aromatic heterocycles. The number of hydrogen-bond donors (Lipinski definition) is 4. The van der Waals surface area contributed by atoms with Crippen molar-refractivity contribution < 1.29 is 24.6 Å². The van der Waals surface area contributed by atoms with E-state index in [0.717, 1.165) is 0 Å². The zero-order valence-electron chi connectivity index (χ0n) is 16.6. The number of pyridine rings is 1. The molecule has 4 N–H and O–H groups in total. The summed E-state index contributed by atoms with van der Waals surface area (Å²) in [5.74, 6) is -2.39. The van der Waals surface area contributed by atoms with Crippen LogP contribution in [0.2, 0.25) is 0 Å². The Bertz CT molecular complexity index is 906. The second-order valence-electron chi connectivity index (χ2n) is 7.92. The van der Waals surface area contributed by atoms with Crippen molar-refractivity contribution in [2.24, 2.45) is 11.8 Å². The van der Waals surface area contributed by atoms with E-state index in [4.69, 9.17) is 0 Å². The molecule has 2 amide bonds. The third kappa shape index (κ3) is 3.48. The molecule has 30 heavy (non-hydrogen) atoms. The van der Waals surface area contributed by atoms with Gasteiger partial charge in [0.1, 0.15) is 5.70 Å². The van der Waals surface area contributed by atoms with Gasteiger partial charge >= 0.3 is 5.97 Å². The van der Waals surface area contributed by atoms with Crippen LogP contribution in [-0.4, -0.2) is 68.0 Å². The lowest BCUT2D eigenvalue weighted by molar-refractivity contribution is -0.163. The number of carbonyl (C=O) groups excluding carboxylic acids is 2. The molecule has 2 fully saturated rings. The molecule has 2 saturated heterocycles. The number of carboxylic acids is 1. The third-order valence-corrected chi connectivity index (χ3v) is 7.45.